The molecule has 0 radical (unpaired) electrons. The summed E-state index contributed by atoms with van der Waals surface area (Å²) < 4.78 is 12.6. The van der Waals surface area contributed by atoms with Crippen molar-refractivity contribution in [3.63, 3.8) is 0 Å². The molecular formula is C22H24N4O3S2. The zero-order valence-electron chi connectivity index (χ0n) is 17.5. The van der Waals surface area contributed by atoms with Crippen LogP contribution in [-0.4, -0.2) is 33.2 Å². The van der Waals surface area contributed by atoms with Gasteiger partial charge in [-0.3, -0.25) is 4.79 Å². The molecule has 31 heavy (non-hydrogen) atoms. The van der Waals surface area contributed by atoms with Crippen molar-refractivity contribution >= 4 is 34.7 Å². The van der Waals surface area contributed by atoms with Crippen molar-refractivity contribution in [2.75, 3.05) is 17.9 Å². The molecule has 0 fully saturated rings. The average Bonchev–Trinajstić information content (AvgIpc) is 3.49. The third-order valence-corrected chi connectivity index (χ3v) is 8.06. The number of carbonyl (C=O) groups is 1. The van der Waals surface area contributed by atoms with E-state index in [1.165, 1.54) is 41.5 Å². The van der Waals surface area contributed by atoms with Gasteiger partial charge in [0, 0.05) is 23.7 Å². The van der Waals surface area contributed by atoms with E-state index in [1.54, 1.807) is 18.2 Å². The quantitative estimate of drug-likeness (QED) is 0.550. The van der Waals surface area contributed by atoms with E-state index in [0.29, 0.717) is 17.2 Å². The molecule has 1 atom stereocenters. The normalized spacial score (nSPS) is 16.9. The molecule has 1 aliphatic carbocycles. The number of carbonyl (C=O) groups excluding carboxylic acids is 1. The molecule has 2 aromatic heterocycles. The van der Waals surface area contributed by atoms with E-state index in [2.05, 4.69) is 28.5 Å². The first-order valence-corrected chi connectivity index (χ1v) is 12.2. The van der Waals surface area contributed by atoms with Crippen LogP contribution in [0.1, 0.15) is 30.2 Å². The van der Waals surface area contributed by atoms with E-state index in [4.69, 9.17) is 9.47 Å². The van der Waals surface area contributed by atoms with Crippen LogP contribution in [0.3, 0.4) is 0 Å². The zero-order chi connectivity index (χ0) is 21.4. The number of aryl methyl sites for hydroxylation is 1. The number of ether oxygens (including phenoxy) is 2. The summed E-state index contributed by atoms with van der Waals surface area (Å²) in [7, 11) is 1.96. The minimum absolute atomic E-state index is 0.106. The highest BCUT2D eigenvalue weighted by Gasteiger charge is 2.23. The monoisotopic (exact) mass is 456 g/mol. The summed E-state index contributed by atoms with van der Waals surface area (Å²) in [6.07, 6.45) is 4.85. The number of anilines is 1. The lowest BCUT2D eigenvalue weighted by Crippen LogP contribution is -2.14. The number of benzene rings is 1. The van der Waals surface area contributed by atoms with Crippen LogP contribution >= 0.6 is 23.1 Å². The molecule has 1 N–H and O–H groups in total. The molecule has 7 nitrogen and oxygen atoms in total. The molecule has 0 bridgehead atoms. The van der Waals surface area contributed by atoms with Crippen molar-refractivity contribution in [1.29, 1.82) is 0 Å². The van der Waals surface area contributed by atoms with Gasteiger partial charge < -0.3 is 19.4 Å². The standard InChI is InChI=1S/C22H24N4O3S2/c1-3-13-4-7-18-14(8-13)9-19(31-18)21-24-25-22(26(21)2)30-11-20(27)23-15-5-6-16-17(10-15)29-12-28-16/h5-6,9-10,13H,3-4,7-8,11-12H2,1-2H3,(H,23,27)/t13-/m0/s1. The number of fused-ring (bicyclic) bond motifs is 2. The fraction of sp³-hybridized carbons (Fsp3) is 0.409. The molecule has 3 aromatic rings. The Hall–Kier alpha value is -2.52. The van der Waals surface area contributed by atoms with Gasteiger partial charge in [-0.05, 0) is 48.9 Å². The molecule has 0 saturated carbocycles. The molecule has 1 aliphatic heterocycles. The van der Waals surface area contributed by atoms with Crippen molar-refractivity contribution in [2.24, 2.45) is 13.0 Å². The van der Waals surface area contributed by atoms with E-state index < -0.39 is 0 Å². The maximum absolute atomic E-state index is 12.4. The number of hydrogen-bond donors (Lipinski definition) is 1. The van der Waals surface area contributed by atoms with Crippen LogP contribution in [0.25, 0.3) is 10.7 Å². The molecular weight excluding hydrogens is 432 g/mol. The lowest BCUT2D eigenvalue weighted by atomic mass is 9.87. The number of nitrogens with zero attached hydrogens (tertiary/aromatic N) is 3. The zero-order valence-corrected chi connectivity index (χ0v) is 19.1. The summed E-state index contributed by atoms with van der Waals surface area (Å²) in [5, 5.41) is 12.4. The Morgan fingerprint density at radius 1 is 1.29 bits per heavy atom. The predicted octanol–water partition coefficient (Wildman–Crippen LogP) is 4.52. The Morgan fingerprint density at radius 2 is 2.16 bits per heavy atom. The maximum Gasteiger partial charge on any atom is 0.234 e. The molecule has 5 rings (SSSR count). The van der Waals surface area contributed by atoms with E-state index in [1.807, 2.05) is 23.0 Å². The van der Waals surface area contributed by atoms with E-state index in [0.717, 1.165) is 28.2 Å². The highest BCUT2D eigenvalue weighted by Crippen LogP contribution is 2.38. The minimum atomic E-state index is -0.106. The molecule has 0 unspecified atom stereocenters. The molecule has 1 aromatic carbocycles. The Bertz CT molecular complexity index is 1120. The van der Waals surface area contributed by atoms with Gasteiger partial charge in [-0.15, -0.1) is 21.5 Å². The summed E-state index contributed by atoms with van der Waals surface area (Å²) in [6.45, 7) is 2.49. The summed E-state index contributed by atoms with van der Waals surface area (Å²) >= 11 is 3.21. The van der Waals surface area contributed by atoms with E-state index >= 15 is 0 Å². The van der Waals surface area contributed by atoms with E-state index in [9.17, 15) is 4.79 Å². The average molecular weight is 457 g/mol. The Morgan fingerprint density at radius 3 is 3.03 bits per heavy atom. The van der Waals surface area contributed by atoms with Crippen LogP contribution in [0, 0.1) is 5.92 Å². The van der Waals surface area contributed by atoms with Crippen LogP contribution in [0.2, 0.25) is 0 Å². The summed E-state index contributed by atoms with van der Waals surface area (Å²) in [4.78, 5) is 15.1. The second-order valence-corrected chi connectivity index (χ2v) is 9.93. The topological polar surface area (TPSA) is 78.3 Å². The van der Waals surface area contributed by atoms with Gasteiger partial charge in [0.05, 0.1) is 10.6 Å². The predicted molar refractivity (Wildman–Crippen MR) is 122 cm³/mol. The van der Waals surface area contributed by atoms with Crippen molar-refractivity contribution in [1.82, 2.24) is 14.8 Å². The third kappa shape index (κ3) is 4.16. The fourth-order valence-electron chi connectivity index (χ4n) is 4.01. The minimum Gasteiger partial charge on any atom is -0.454 e. The number of aromatic nitrogens is 3. The maximum atomic E-state index is 12.4. The summed E-state index contributed by atoms with van der Waals surface area (Å²) in [5.74, 6) is 3.15. The summed E-state index contributed by atoms with van der Waals surface area (Å²) in [6, 6.07) is 7.65. The first kappa shape index (κ1) is 20.4. The number of rotatable bonds is 6. The second-order valence-electron chi connectivity index (χ2n) is 7.85. The van der Waals surface area contributed by atoms with Crippen LogP contribution < -0.4 is 14.8 Å². The van der Waals surface area contributed by atoms with Gasteiger partial charge in [-0.2, -0.15) is 0 Å². The van der Waals surface area contributed by atoms with E-state index in [-0.39, 0.29) is 18.5 Å². The third-order valence-electron chi connectivity index (χ3n) is 5.81. The summed E-state index contributed by atoms with van der Waals surface area (Å²) in [5.41, 5.74) is 2.15. The van der Waals surface area contributed by atoms with Crippen LogP contribution in [0.5, 0.6) is 11.5 Å². The lowest BCUT2D eigenvalue weighted by Gasteiger charge is -2.19. The molecule has 9 heteroatoms. The smallest absolute Gasteiger partial charge is 0.234 e. The highest BCUT2D eigenvalue weighted by molar-refractivity contribution is 7.99. The lowest BCUT2D eigenvalue weighted by molar-refractivity contribution is -0.113. The number of hydrogen-bond acceptors (Lipinski definition) is 7. The van der Waals surface area contributed by atoms with Gasteiger partial charge in [0.2, 0.25) is 12.7 Å². The van der Waals surface area contributed by atoms with Crippen LogP contribution in [-0.2, 0) is 24.7 Å². The van der Waals surface area contributed by atoms with Gasteiger partial charge in [0.15, 0.2) is 22.5 Å². The van der Waals surface area contributed by atoms with Gasteiger partial charge in [-0.1, -0.05) is 25.1 Å². The molecule has 3 heterocycles. The SMILES string of the molecule is CC[C@H]1CCc2sc(-c3nnc(SCC(=O)Nc4ccc5c(c4)OCO5)n3C)cc2C1. The first-order valence-electron chi connectivity index (χ1n) is 10.4. The van der Waals surface area contributed by atoms with Crippen molar-refractivity contribution in [2.45, 2.75) is 37.8 Å². The van der Waals surface area contributed by atoms with Crippen LogP contribution in [0.4, 0.5) is 5.69 Å². The number of thiophene rings is 1. The van der Waals surface area contributed by atoms with Gasteiger partial charge in [0.25, 0.3) is 0 Å². The van der Waals surface area contributed by atoms with Gasteiger partial charge in [-0.25, -0.2) is 0 Å². The Balaban J connectivity index is 1.23. The van der Waals surface area contributed by atoms with Crippen molar-refractivity contribution in [3.8, 4) is 22.2 Å². The molecule has 2 aliphatic rings. The van der Waals surface area contributed by atoms with Gasteiger partial charge >= 0.3 is 0 Å². The molecule has 0 saturated heterocycles. The highest BCUT2D eigenvalue weighted by atomic mass is 32.2. The van der Waals surface area contributed by atoms with Crippen LogP contribution in [0.15, 0.2) is 29.4 Å². The number of nitrogens with one attached hydrogen (secondary N) is 1. The van der Waals surface area contributed by atoms with Crippen molar-refractivity contribution < 1.29 is 14.3 Å². The number of thioether (sulfide) groups is 1. The largest absolute Gasteiger partial charge is 0.454 e. The molecule has 1 amide bonds. The first-order chi connectivity index (χ1) is 15.1. The molecule has 162 valence electrons. The number of amides is 1. The fourth-order valence-corrected chi connectivity index (χ4v) is 5.95. The van der Waals surface area contributed by atoms with Gasteiger partial charge in [0.1, 0.15) is 0 Å². The Labute approximate surface area is 189 Å². The Kier molecular flexibility index (Phi) is 5.62. The second kappa shape index (κ2) is 8.55. The molecule has 0 spiro atoms. The van der Waals surface area contributed by atoms with Crippen molar-refractivity contribution in [3.05, 3.63) is 34.7 Å².